The van der Waals surface area contributed by atoms with E-state index >= 15 is 0 Å². The third-order valence-electron chi connectivity index (χ3n) is 4.26. The summed E-state index contributed by atoms with van der Waals surface area (Å²) in [5, 5.41) is 13.8. The van der Waals surface area contributed by atoms with E-state index in [1.807, 2.05) is 20.9 Å². The van der Waals surface area contributed by atoms with Gasteiger partial charge in [-0.25, -0.2) is 4.79 Å². The molecule has 1 aliphatic carbocycles. The highest BCUT2D eigenvalue weighted by Crippen LogP contribution is 2.33. The number of thiophene rings is 1. The van der Waals surface area contributed by atoms with Crippen LogP contribution in [0.2, 0.25) is 0 Å². The molecule has 0 bridgehead atoms. The summed E-state index contributed by atoms with van der Waals surface area (Å²) in [5.74, 6) is -0.900. The van der Waals surface area contributed by atoms with Gasteiger partial charge in [-0.1, -0.05) is 19.3 Å². The van der Waals surface area contributed by atoms with Gasteiger partial charge in [0.05, 0.1) is 5.56 Å². The Morgan fingerprint density at radius 2 is 1.95 bits per heavy atom. The van der Waals surface area contributed by atoms with Gasteiger partial charge in [0.2, 0.25) is 0 Å². The van der Waals surface area contributed by atoms with Crippen LogP contribution in [0, 0.1) is 13.8 Å². The van der Waals surface area contributed by atoms with E-state index in [1.54, 1.807) is 0 Å². The predicted molar refractivity (Wildman–Crippen MR) is 91.6 cm³/mol. The van der Waals surface area contributed by atoms with Crippen molar-refractivity contribution in [2.24, 2.45) is 0 Å². The van der Waals surface area contributed by atoms with Crippen molar-refractivity contribution >= 4 is 39.6 Å². The number of nitrogens with one attached hydrogen (secondary N) is 1. The summed E-state index contributed by atoms with van der Waals surface area (Å²) in [4.78, 5) is 14.5. The first-order valence-electron chi connectivity index (χ1n) is 7.29. The molecule has 4 nitrogen and oxygen atoms in total. The van der Waals surface area contributed by atoms with Gasteiger partial charge in [-0.15, -0.1) is 11.3 Å². The van der Waals surface area contributed by atoms with Crippen LogP contribution in [0.1, 0.15) is 52.9 Å². The molecule has 0 aliphatic heterocycles. The summed E-state index contributed by atoms with van der Waals surface area (Å²) in [7, 11) is 2.00. The average Bonchev–Trinajstić information content (AvgIpc) is 2.73. The molecule has 1 aliphatic rings. The number of thiocarbonyl (C=S) groups is 1. The van der Waals surface area contributed by atoms with E-state index < -0.39 is 5.97 Å². The van der Waals surface area contributed by atoms with Gasteiger partial charge in [-0.05, 0) is 44.5 Å². The molecular weight excluding hydrogens is 304 g/mol. The monoisotopic (exact) mass is 326 g/mol. The highest BCUT2D eigenvalue weighted by atomic mass is 32.1. The van der Waals surface area contributed by atoms with Crippen molar-refractivity contribution in [1.29, 1.82) is 0 Å². The van der Waals surface area contributed by atoms with E-state index in [4.69, 9.17) is 12.2 Å². The number of carboxylic acid groups (broad SMARTS) is 1. The molecule has 21 heavy (non-hydrogen) atoms. The van der Waals surface area contributed by atoms with Crippen molar-refractivity contribution in [1.82, 2.24) is 4.90 Å². The van der Waals surface area contributed by atoms with Crippen molar-refractivity contribution in [3.05, 3.63) is 16.0 Å². The largest absolute Gasteiger partial charge is 0.478 e. The maximum atomic E-state index is 11.4. The lowest BCUT2D eigenvalue weighted by Crippen LogP contribution is -2.40. The molecule has 6 heteroatoms. The third kappa shape index (κ3) is 3.55. The lowest BCUT2D eigenvalue weighted by atomic mass is 9.95. The number of aromatic carboxylic acids is 1. The minimum absolute atomic E-state index is 0.344. The molecule has 0 atom stereocenters. The van der Waals surface area contributed by atoms with Crippen LogP contribution in [0.3, 0.4) is 0 Å². The Balaban J connectivity index is 2.12. The Labute approximate surface area is 135 Å². The van der Waals surface area contributed by atoms with E-state index in [9.17, 15) is 9.90 Å². The van der Waals surface area contributed by atoms with Gasteiger partial charge in [0.15, 0.2) is 5.11 Å². The van der Waals surface area contributed by atoms with Gasteiger partial charge >= 0.3 is 5.97 Å². The number of nitrogens with zero attached hydrogens (tertiary/aromatic N) is 1. The first-order valence-corrected chi connectivity index (χ1v) is 8.51. The van der Waals surface area contributed by atoms with Crippen LogP contribution in [0.15, 0.2) is 0 Å². The summed E-state index contributed by atoms with van der Waals surface area (Å²) >= 11 is 6.92. The summed E-state index contributed by atoms with van der Waals surface area (Å²) in [6.45, 7) is 3.78. The van der Waals surface area contributed by atoms with E-state index in [0.717, 1.165) is 23.3 Å². The van der Waals surface area contributed by atoms with Crippen LogP contribution in [0.4, 0.5) is 5.00 Å². The fourth-order valence-electron chi connectivity index (χ4n) is 2.79. The van der Waals surface area contributed by atoms with Gasteiger partial charge in [-0.2, -0.15) is 0 Å². The number of carbonyl (C=O) groups is 1. The number of carboxylic acids is 1. The average molecular weight is 326 g/mol. The number of rotatable bonds is 3. The van der Waals surface area contributed by atoms with E-state index in [2.05, 4.69) is 10.2 Å². The van der Waals surface area contributed by atoms with Crippen LogP contribution in [0.25, 0.3) is 0 Å². The van der Waals surface area contributed by atoms with Crippen molar-refractivity contribution in [3.8, 4) is 0 Å². The molecule has 116 valence electrons. The van der Waals surface area contributed by atoms with E-state index in [-0.39, 0.29) is 0 Å². The maximum absolute atomic E-state index is 11.4. The molecule has 1 fully saturated rings. The van der Waals surface area contributed by atoms with E-state index in [0.29, 0.717) is 21.7 Å². The second-order valence-electron chi connectivity index (χ2n) is 5.63. The maximum Gasteiger partial charge on any atom is 0.338 e. The fraction of sp³-hybridized carbons (Fsp3) is 0.600. The van der Waals surface area contributed by atoms with Gasteiger partial charge in [-0.3, -0.25) is 0 Å². The molecule has 2 rings (SSSR count). The summed E-state index contributed by atoms with van der Waals surface area (Å²) in [6.07, 6.45) is 6.11. The lowest BCUT2D eigenvalue weighted by Gasteiger charge is -2.33. The number of hydrogen-bond acceptors (Lipinski definition) is 3. The molecule has 0 amide bonds. The second-order valence-corrected chi connectivity index (χ2v) is 7.24. The smallest absolute Gasteiger partial charge is 0.338 e. The van der Waals surface area contributed by atoms with Gasteiger partial charge in [0.1, 0.15) is 5.00 Å². The van der Waals surface area contributed by atoms with Crippen molar-refractivity contribution in [2.75, 3.05) is 12.4 Å². The Bertz CT molecular complexity index is 548. The first-order chi connectivity index (χ1) is 9.91. The number of aryl methyl sites for hydroxylation is 1. The minimum atomic E-state index is -0.900. The molecule has 1 heterocycles. The summed E-state index contributed by atoms with van der Waals surface area (Å²) in [6, 6.07) is 0.467. The highest BCUT2D eigenvalue weighted by molar-refractivity contribution is 7.80. The summed E-state index contributed by atoms with van der Waals surface area (Å²) in [5.41, 5.74) is 1.16. The third-order valence-corrected chi connectivity index (χ3v) is 5.78. The molecule has 1 aromatic heterocycles. The molecule has 0 radical (unpaired) electrons. The number of hydrogen-bond donors (Lipinski definition) is 2. The molecule has 1 aromatic rings. The Hall–Kier alpha value is -1.14. The quantitative estimate of drug-likeness (QED) is 0.822. The summed E-state index contributed by atoms with van der Waals surface area (Å²) < 4.78 is 0. The predicted octanol–water partition coefficient (Wildman–Crippen LogP) is 4.02. The molecule has 2 N–H and O–H groups in total. The molecular formula is C15H22N2O2S2. The fourth-order valence-corrected chi connectivity index (χ4v) is 4.16. The van der Waals surface area contributed by atoms with Crippen molar-refractivity contribution in [3.63, 3.8) is 0 Å². The van der Waals surface area contributed by atoms with Crippen LogP contribution in [0.5, 0.6) is 0 Å². The standard InChI is InChI=1S/C15H22N2O2S2/c1-9-10(2)21-13(12(9)14(18)19)16-15(20)17(3)11-7-5-4-6-8-11/h11H,4-8H2,1-3H3,(H,16,20)(H,18,19). The number of anilines is 1. The lowest BCUT2D eigenvalue weighted by molar-refractivity contribution is 0.0697. The SMILES string of the molecule is Cc1sc(NC(=S)N(C)C2CCCCC2)c(C(=O)O)c1C. The molecule has 0 aromatic carbocycles. The van der Waals surface area contributed by atoms with Crippen LogP contribution in [-0.4, -0.2) is 34.2 Å². The second kappa shape index (κ2) is 6.75. The van der Waals surface area contributed by atoms with Crippen molar-refractivity contribution in [2.45, 2.75) is 52.0 Å². The normalized spacial score (nSPS) is 15.8. The topological polar surface area (TPSA) is 52.6 Å². The van der Waals surface area contributed by atoms with Crippen LogP contribution >= 0.6 is 23.6 Å². The molecule has 0 unspecified atom stereocenters. The zero-order chi connectivity index (χ0) is 15.6. The Morgan fingerprint density at radius 1 is 1.33 bits per heavy atom. The van der Waals surface area contributed by atoms with Gasteiger partial charge in [0.25, 0.3) is 0 Å². The minimum Gasteiger partial charge on any atom is -0.478 e. The molecule has 0 saturated heterocycles. The molecule has 1 saturated carbocycles. The van der Waals surface area contributed by atoms with Gasteiger partial charge < -0.3 is 15.3 Å². The van der Waals surface area contributed by atoms with Crippen LogP contribution < -0.4 is 5.32 Å². The molecule has 0 spiro atoms. The zero-order valence-electron chi connectivity index (χ0n) is 12.7. The first kappa shape index (κ1) is 16.2. The zero-order valence-corrected chi connectivity index (χ0v) is 14.4. The van der Waals surface area contributed by atoms with Crippen LogP contribution in [-0.2, 0) is 0 Å². The van der Waals surface area contributed by atoms with Gasteiger partial charge in [0, 0.05) is 18.0 Å². The Morgan fingerprint density at radius 3 is 2.52 bits per heavy atom. The Kier molecular flexibility index (Phi) is 5.22. The van der Waals surface area contributed by atoms with Crippen molar-refractivity contribution < 1.29 is 9.90 Å². The highest BCUT2D eigenvalue weighted by Gasteiger charge is 2.23. The van der Waals surface area contributed by atoms with E-state index in [1.165, 1.54) is 30.6 Å².